The highest BCUT2D eigenvalue weighted by Crippen LogP contribution is 2.41. The molecule has 0 saturated carbocycles. The minimum Gasteiger partial charge on any atom is -0.303 e. The van der Waals surface area contributed by atoms with Gasteiger partial charge in [-0.25, -0.2) is 0 Å². The number of aldehydes is 1. The maximum Gasteiger partial charge on any atom is 0.259 e. The summed E-state index contributed by atoms with van der Waals surface area (Å²) in [6.07, 6.45) is 4.64. The van der Waals surface area contributed by atoms with Gasteiger partial charge >= 0.3 is 0 Å². The maximum absolute atomic E-state index is 13.0. The van der Waals surface area contributed by atoms with Crippen molar-refractivity contribution < 1.29 is 19.2 Å². The van der Waals surface area contributed by atoms with Crippen molar-refractivity contribution in [2.45, 2.75) is 44.6 Å². The molecule has 0 radical (unpaired) electrons. The monoisotopic (exact) mass is 364 g/mol. The molecule has 0 aromatic heterocycles. The highest BCUT2D eigenvalue weighted by Gasteiger charge is 2.40. The SMILES string of the molecule is O=CCCCCc1ccc2c3c(cccc13)N(C1CCC(=O)NC1=O)C2=O. The zero-order valence-electron chi connectivity index (χ0n) is 14.9. The molecule has 4 rings (SSSR count). The normalized spacial score (nSPS) is 18.9. The number of imide groups is 1. The van der Waals surface area contributed by atoms with Crippen LogP contribution in [0.15, 0.2) is 30.3 Å². The summed E-state index contributed by atoms with van der Waals surface area (Å²) in [5.41, 5.74) is 2.47. The topological polar surface area (TPSA) is 83.6 Å². The Hall–Kier alpha value is -3.02. The van der Waals surface area contributed by atoms with Crippen LogP contribution in [0.2, 0.25) is 0 Å². The molecule has 1 atom stereocenters. The number of piperidine rings is 1. The maximum atomic E-state index is 13.0. The predicted molar refractivity (Wildman–Crippen MR) is 101 cm³/mol. The fourth-order valence-electron chi connectivity index (χ4n) is 4.06. The summed E-state index contributed by atoms with van der Waals surface area (Å²) in [5, 5.41) is 4.22. The van der Waals surface area contributed by atoms with Crippen LogP contribution in [-0.2, 0) is 20.8 Å². The van der Waals surface area contributed by atoms with Crippen LogP contribution in [0.25, 0.3) is 10.8 Å². The van der Waals surface area contributed by atoms with Crippen LogP contribution >= 0.6 is 0 Å². The molecule has 1 unspecified atom stereocenters. The van der Waals surface area contributed by atoms with Gasteiger partial charge in [-0.05, 0) is 48.8 Å². The van der Waals surface area contributed by atoms with Crippen molar-refractivity contribution >= 4 is 40.5 Å². The lowest BCUT2D eigenvalue weighted by Gasteiger charge is -2.30. The highest BCUT2D eigenvalue weighted by molar-refractivity contribution is 6.27. The zero-order valence-corrected chi connectivity index (χ0v) is 14.9. The number of benzene rings is 2. The van der Waals surface area contributed by atoms with E-state index < -0.39 is 11.9 Å². The number of anilines is 1. The van der Waals surface area contributed by atoms with Gasteiger partial charge in [0.05, 0.1) is 5.69 Å². The van der Waals surface area contributed by atoms with Gasteiger partial charge in [0.15, 0.2) is 0 Å². The van der Waals surface area contributed by atoms with E-state index in [0.29, 0.717) is 18.4 Å². The van der Waals surface area contributed by atoms with E-state index in [2.05, 4.69) is 5.32 Å². The first-order chi connectivity index (χ1) is 13.1. The molecule has 6 nitrogen and oxygen atoms in total. The molecule has 2 aromatic carbocycles. The first kappa shape index (κ1) is 17.4. The largest absolute Gasteiger partial charge is 0.303 e. The van der Waals surface area contributed by atoms with E-state index in [-0.39, 0.29) is 18.2 Å². The lowest BCUT2D eigenvalue weighted by molar-refractivity contribution is -0.134. The number of carbonyl (C=O) groups excluding carboxylic acids is 4. The van der Waals surface area contributed by atoms with Crippen molar-refractivity contribution in [1.82, 2.24) is 5.32 Å². The van der Waals surface area contributed by atoms with Gasteiger partial charge in [0, 0.05) is 23.8 Å². The molecule has 2 heterocycles. The van der Waals surface area contributed by atoms with E-state index in [1.165, 1.54) is 4.90 Å². The van der Waals surface area contributed by atoms with E-state index in [1.807, 2.05) is 30.3 Å². The molecule has 1 saturated heterocycles. The number of hydrogen-bond donors (Lipinski definition) is 1. The van der Waals surface area contributed by atoms with Gasteiger partial charge in [0.25, 0.3) is 5.91 Å². The number of unbranched alkanes of at least 4 members (excludes halogenated alkanes) is 2. The lowest BCUT2D eigenvalue weighted by atomic mass is 9.96. The number of carbonyl (C=O) groups is 4. The Kier molecular flexibility index (Phi) is 4.48. The van der Waals surface area contributed by atoms with Gasteiger partial charge in [-0.2, -0.15) is 0 Å². The van der Waals surface area contributed by atoms with Gasteiger partial charge < -0.3 is 4.79 Å². The van der Waals surface area contributed by atoms with Crippen LogP contribution in [0.4, 0.5) is 5.69 Å². The molecule has 0 spiro atoms. The summed E-state index contributed by atoms with van der Waals surface area (Å²) in [7, 11) is 0. The smallest absolute Gasteiger partial charge is 0.259 e. The molecule has 0 bridgehead atoms. The van der Waals surface area contributed by atoms with Crippen molar-refractivity contribution in [3.63, 3.8) is 0 Å². The van der Waals surface area contributed by atoms with Gasteiger partial charge in [-0.1, -0.05) is 18.2 Å². The van der Waals surface area contributed by atoms with E-state index >= 15 is 0 Å². The minimum atomic E-state index is -0.663. The molecule has 0 aliphatic carbocycles. The van der Waals surface area contributed by atoms with Gasteiger partial charge in [-0.15, -0.1) is 0 Å². The Morgan fingerprint density at radius 1 is 1.11 bits per heavy atom. The van der Waals surface area contributed by atoms with Crippen LogP contribution in [0, 0.1) is 0 Å². The fourth-order valence-corrected chi connectivity index (χ4v) is 4.06. The lowest BCUT2D eigenvalue weighted by Crippen LogP contribution is -2.53. The third-order valence-electron chi connectivity index (χ3n) is 5.36. The molecule has 138 valence electrons. The van der Waals surface area contributed by atoms with Crippen LogP contribution in [0.1, 0.15) is 48.0 Å². The number of rotatable bonds is 6. The van der Waals surface area contributed by atoms with E-state index in [4.69, 9.17) is 0 Å². The summed E-state index contributed by atoms with van der Waals surface area (Å²) < 4.78 is 0. The van der Waals surface area contributed by atoms with Crippen LogP contribution in [0.3, 0.4) is 0 Å². The van der Waals surface area contributed by atoms with Gasteiger partial charge in [0.1, 0.15) is 12.3 Å². The van der Waals surface area contributed by atoms with E-state index in [9.17, 15) is 19.2 Å². The van der Waals surface area contributed by atoms with Gasteiger partial charge in [-0.3, -0.25) is 24.6 Å². The summed E-state index contributed by atoms with van der Waals surface area (Å²) in [5.74, 6) is -0.905. The van der Waals surface area contributed by atoms with Crippen molar-refractivity contribution in [2.75, 3.05) is 4.90 Å². The van der Waals surface area contributed by atoms with Crippen molar-refractivity contribution in [3.8, 4) is 0 Å². The van der Waals surface area contributed by atoms with Crippen molar-refractivity contribution in [1.29, 1.82) is 0 Å². The Labute approximate surface area is 156 Å². The molecule has 6 heteroatoms. The average molecular weight is 364 g/mol. The third-order valence-corrected chi connectivity index (χ3v) is 5.36. The van der Waals surface area contributed by atoms with Crippen LogP contribution in [0.5, 0.6) is 0 Å². The number of amides is 3. The number of nitrogens with one attached hydrogen (secondary N) is 1. The second-order valence-corrected chi connectivity index (χ2v) is 7.03. The summed E-state index contributed by atoms with van der Waals surface area (Å²) in [6.45, 7) is 0. The number of nitrogens with zero attached hydrogens (tertiary/aromatic N) is 1. The molecule has 2 aliphatic rings. The molecule has 27 heavy (non-hydrogen) atoms. The second kappa shape index (κ2) is 6.95. The molecule has 3 amide bonds. The highest BCUT2D eigenvalue weighted by atomic mass is 16.2. The zero-order chi connectivity index (χ0) is 19.0. The van der Waals surface area contributed by atoms with Crippen LogP contribution < -0.4 is 10.2 Å². The molecular formula is C21H20N2O4. The Bertz CT molecular complexity index is 966. The minimum absolute atomic E-state index is 0.191. The molecule has 2 aromatic rings. The third kappa shape index (κ3) is 2.91. The van der Waals surface area contributed by atoms with E-state index in [0.717, 1.165) is 47.6 Å². The first-order valence-corrected chi connectivity index (χ1v) is 9.27. The molecule has 1 fully saturated rings. The standard InChI is InChI=1S/C21H20N2O4/c24-12-3-1-2-5-13-8-9-15-19-14(13)6-4-7-16(19)23(21(15)27)17-10-11-18(25)22-20(17)26/h4,6-9,12,17H,1-3,5,10-11H2,(H,22,25,26). The summed E-state index contributed by atoms with van der Waals surface area (Å²) >= 11 is 0. The Morgan fingerprint density at radius 3 is 2.74 bits per heavy atom. The fraction of sp³-hybridized carbons (Fsp3) is 0.333. The summed E-state index contributed by atoms with van der Waals surface area (Å²) in [6, 6.07) is 8.89. The number of hydrogen-bond acceptors (Lipinski definition) is 4. The van der Waals surface area contributed by atoms with Crippen molar-refractivity contribution in [3.05, 3.63) is 41.5 Å². The second-order valence-electron chi connectivity index (χ2n) is 7.03. The number of aryl methyl sites for hydroxylation is 1. The first-order valence-electron chi connectivity index (χ1n) is 9.27. The molecule has 2 aliphatic heterocycles. The average Bonchev–Trinajstić information content (AvgIpc) is 2.94. The van der Waals surface area contributed by atoms with E-state index in [1.54, 1.807) is 0 Å². The Morgan fingerprint density at radius 2 is 1.96 bits per heavy atom. The molecule has 1 N–H and O–H groups in total. The molecular weight excluding hydrogens is 344 g/mol. The van der Waals surface area contributed by atoms with Gasteiger partial charge in [0.2, 0.25) is 11.8 Å². The van der Waals surface area contributed by atoms with Crippen molar-refractivity contribution in [2.24, 2.45) is 0 Å². The van der Waals surface area contributed by atoms with Crippen LogP contribution in [-0.4, -0.2) is 30.0 Å². The summed E-state index contributed by atoms with van der Waals surface area (Å²) in [4.78, 5) is 48.9. The predicted octanol–water partition coefficient (Wildman–Crippen LogP) is 2.52. The quantitative estimate of drug-likeness (QED) is 0.485. The Balaban J connectivity index is 1.71.